The molecule has 0 aliphatic heterocycles. The van der Waals surface area contributed by atoms with E-state index in [0.29, 0.717) is 6.54 Å². The van der Waals surface area contributed by atoms with Gasteiger partial charge in [-0.05, 0) is 29.1 Å². The Morgan fingerprint density at radius 2 is 1.93 bits per heavy atom. The van der Waals surface area contributed by atoms with Crippen LogP contribution in [0.2, 0.25) is 0 Å². The average Bonchev–Trinajstić information content (AvgIpc) is 3.21. The van der Waals surface area contributed by atoms with E-state index in [9.17, 15) is 4.79 Å². The number of quaternary nitrogens is 1. The lowest BCUT2D eigenvalue weighted by Gasteiger charge is -2.20. The minimum atomic E-state index is -0.108. The largest absolute Gasteiger partial charge is 0.497 e. The second kappa shape index (κ2) is 9.35. The van der Waals surface area contributed by atoms with E-state index < -0.39 is 0 Å². The van der Waals surface area contributed by atoms with E-state index in [4.69, 9.17) is 4.74 Å². The monoisotopic (exact) mass is 381 g/mol. The Balaban J connectivity index is 1.64. The zero-order chi connectivity index (χ0) is 19.1. The topological polar surface area (TPSA) is 42.8 Å². The van der Waals surface area contributed by atoms with Crippen LogP contribution in [0, 0.1) is 0 Å². The van der Waals surface area contributed by atoms with Gasteiger partial charge in [0, 0.05) is 10.4 Å². The molecule has 2 N–H and O–H groups in total. The maximum atomic E-state index is 12.7. The van der Waals surface area contributed by atoms with Crippen LogP contribution in [0.5, 0.6) is 5.75 Å². The van der Waals surface area contributed by atoms with Crippen molar-refractivity contribution in [2.24, 2.45) is 0 Å². The van der Waals surface area contributed by atoms with Crippen LogP contribution in [0.15, 0.2) is 72.1 Å². The summed E-state index contributed by atoms with van der Waals surface area (Å²) in [6, 6.07) is 22.0. The number of likely N-dealkylation sites (N-methyl/N-ethyl adjacent to an activating group) is 1. The van der Waals surface area contributed by atoms with Gasteiger partial charge in [-0.1, -0.05) is 48.5 Å². The highest BCUT2D eigenvalue weighted by molar-refractivity contribution is 7.10. The van der Waals surface area contributed by atoms with Gasteiger partial charge in [-0.15, -0.1) is 11.3 Å². The Morgan fingerprint density at radius 3 is 2.63 bits per heavy atom. The van der Waals surface area contributed by atoms with Crippen LogP contribution in [0.1, 0.15) is 22.0 Å². The van der Waals surface area contributed by atoms with E-state index in [1.807, 2.05) is 54.9 Å². The molecule has 0 spiro atoms. The number of carbonyl (C=O) groups is 1. The predicted octanol–water partition coefficient (Wildman–Crippen LogP) is 2.68. The highest BCUT2D eigenvalue weighted by Gasteiger charge is 2.20. The first-order valence-corrected chi connectivity index (χ1v) is 9.85. The molecular formula is C22H25N2O2S+. The number of ether oxygens (including phenoxy) is 1. The Morgan fingerprint density at radius 1 is 1.11 bits per heavy atom. The molecule has 0 radical (unpaired) electrons. The lowest BCUT2D eigenvalue weighted by molar-refractivity contribution is -0.885. The van der Waals surface area contributed by atoms with Crippen molar-refractivity contribution in [1.29, 1.82) is 0 Å². The standard InChI is InChI=1S/C22H24N2O2S/c1-24(15-17-8-6-11-19(14-17)26-2)16-21(25)23-22(20-12-7-13-27-20)18-9-4-3-5-10-18/h3-14,22H,15-16H2,1-2H3,(H,23,25)/p+1/t22-/m0/s1. The molecule has 5 heteroatoms. The minimum absolute atomic E-state index is 0.0395. The van der Waals surface area contributed by atoms with Crippen LogP contribution < -0.4 is 15.0 Å². The molecule has 0 aliphatic rings. The molecule has 27 heavy (non-hydrogen) atoms. The molecule has 1 unspecified atom stereocenters. The Hall–Kier alpha value is -2.63. The van der Waals surface area contributed by atoms with E-state index in [1.54, 1.807) is 18.4 Å². The van der Waals surface area contributed by atoms with Crippen LogP contribution in [0.3, 0.4) is 0 Å². The van der Waals surface area contributed by atoms with Crippen molar-refractivity contribution in [2.75, 3.05) is 20.7 Å². The van der Waals surface area contributed by atoms with Crippen LogP contribution in [-0.2, 0) is 11.3 Å². The molecule has 1 amide bonds. The summed E-state index contributed by atoms with van der Waals surface area (Å²) in [5.41, 5.74) is 2.25. The van der Waals surface area contributed by atoms with Crippen LogP contribution in [0.25, 0.3) is 0 Å². The lowest BCUT2D eigenvalue weighted by Crippen LogP contribution is -3.08. The van der Waals surface area contributed by atoms with Crippen molar-refractivity contribution < 1.29 is 14.4 Å². The van der Waals surface area contributed by atoms with Crippen molar-refractivity contribution >= 4 is 17.2 Å². The molecule has 0 bridgehead atoms. The first-order valence-electron chi connectivity index (χ1n) is 8.97. The van der Waals surface area contributed by atoms with E-state index in [0.717, 1.165) is 33.2 Å². The van der Waals surface area contributed by atoms with Gasteiger partial charge in [-0.25, -0.2) is 0 Å². The third kappa shape index (κ3) is 5.42. The normalized spacial score (nSPS) is 13.0. The molecule has 1 aromatic heterocycles. The molecule has 0 saturated carbocycles. The SMILES string of the molecule is COc1cccc(C[NH+](C)CC(=O)N[C@@H](c2ccccc2)c2cccs2)c1. The molecule has 1 heterocycles. The van der Waals surface area contributed by atoms with E-state index in [1.165, 1.54) is 0 Å². The molecule has 0 saturated heterocycles. The number of methoxy groups -OCH3 is 1. The van der Waals surface area contributed by atoms with E-state index in [2.05, 4.69) is 29.6 Å². The van der Waals surface area contributed by atoms with Crippen LogP contribution >= 0.6 is 11.3 Å². The molecule has 0 fully saturated rings. The van der Waals surface area contributed by atoms with Gasteiger partial charge in [-0.2, -0.15) is 0 Å². The van der Waals surface area contributed by atoms with Crippen molar-refractivity contribution in [3.8, 4) is 5.75 Å². The van der Waals surface area contributed by atoms with Gasteiger partial charge < -0.3 is 15.0 Å². The maximum Gasteiger partial charge on any atom is 0.275 e. The molecule has 0 aliphatic carbocycles. The van der Waals surface area contributed by atoms with Gasteiger partial charge in [0.2, 0.25) is 0 Å². The van der Waals surface area contributed by atoms with Crippen molar-refractivity contribution in [3.05, 3.63) is 88.1 Å². The summed E-state index contributed by atoms with van der Waals surface area (Å²) in [6.07, 6.45) is 0. The van der Waals surface area contributed by atoms with Crippen molar-refractivity contribution in [3.63, 3.8) is 0 Å². The highest BCUT2D eigenvalue weighted by atomic mass is 32.1. The number of amides is 1. The number of hydrogen-bond donors (Lipinski definition) is 2. The third-order valence-electron chi connectivity index (χ3n) is 4.37. The first-order chi connectivity index (χ1) is 13.2. The Labute approximate surface area is 164 Å². The zero-order valence-electron chi connectivity index (χ0n) is 15.6. The van der Waals surface area contributed by atoms with Crippen LogP contribution in [-0.4, -0.2) is 26.6 Å². The molecule has 4 nitrogen and oxygen atoms in total. The second-order valence-corrected chi connectivity index (χ2v) is 7.57. The van der Waals surface area contributed by atoms with Gasteiger partial charge in [0.25, 0.3) is 5.91 Å². The summed E-state index contributed by atoms with van der Waals surface area (Å²) in [7, 11) is 3.69. The lowest BCUT2D eigenvalue weighted by atomic mass is 10.1. The maximum absolute atomic E-state index is 12.7. The van der Waals surface area contributed by atoms with Gasteiger partial charge in [0.05, 0.1) is 20.2 Å². The predicted molar refractivity (Wildman–Crippen MR) is 109 cm³/mol. The number of hydrogen-bond acceptors (Lipinski definition) is 3. The quantitative estimate of drug-likeness (QED) is 0.630. The molecule has 3 aromatic rings. The number of carbonyl (C=O) groups excluding carboxylic acids is 1. The van der Waals surface area contributed by atoms with Gasteiger partial charge in [0.1, 0.15) is 12.3 Å². The van der Waals surface area contributed by atoms with Crippen LogP contribution in [0.4, 0.5) is 0 Å². The fraction of sp³-hybridized carbons (Fsp3) is 0.227. The Bertz CT molecular complexity index is 850. The summed E-state index contributed by atoms with van der Waals surface area (Å²) < 4.78 is 5.27. The average molecular weight is 382 g/mol. The molecule has 140 valence electrons. The number of nitrogens with one attached hydrogen (secondary N) is 2. The summed E-state index contributed by atoms with van der Waals surface area (Å²) in [5, 5.41) is 5.24. The highest BCUT2D eigenvalue weighted by Crippen LogP contribution is 2.25. The number of benzene rings is 2. The molecule has 3 rings (SSSR count). The minimum Gasteiger partial charge on any atom is -0.497 e. The summed E-state index contributed by atoms with van der Waals surface area (Å²) in [6.45, 7) is 1.17. The number of thiophene rings is 1. The second-order valence-electron chi connectivity index (χ2n) is 6.59. The van der Waals surface area contributed by atoms with E-state index in [-0.39, 0.29) is 11.9 Å². The van der Waals surface area contributed by atoms with E-state index >= 15 is 0 Å². The van der Waals surface area contributed by atoms with Gasteiger partial charge in [0.15, 0.2) is 6.54 Å². The fourth-order valence-corrected chi connectivity index (χ4v) is 3.90. The fourth-order valence-electron chi connectivity index (χ4n) is 3.10. The molecular weight excluding hydrogens is 356 g/mol. The number of rotatable bonds is 8. The third-order valence-corrected chi connectivity index (χ3v) is 5.31. The summed E-state index contributed by atoms with van der Waals surface area (Å²) >= 11 is 1.66. The van der Waals surface area contributed by atoms with Crippen molar-refractivity contribution in [1.82, 2.24) is 5.32 Å². The van der Waals surface area contributed by atoms with Gasteiger partial charge in [-0.3, -0.25) is 4.79 Å². The zero-order valence-corrected chi connectivity index (χ0v) is 16.5. The summed E-state index contributed by atoms with van der Waals surface area (Å²) in [4.78, 5) is 15.0. The molecule has 2 atom stereocenters. The smallest absolute Gasteiger partial charge is 0.275 e. The van der Waals surface area contributed by atoms with Crippen molar-refractivity contribution in [2.45, 2.75) is 12.6 Å². The first kappa shape index (κ1) is 19.1. The molecule has 2 aromatic carbocycles. The summed E-state index contributed by atoms with van der Waals surface area (Å²) in [5.74, 6) is 0.879. The Kier molecular flexibility index (Phi) is 6.63. The van der Waals surface area contributed by atoms with Gasteiger partial charge >= 0.3 is 0 Å².